The van der Waals surface area contributed by atoms with Crippen LogP contribution in [0.2, 0.25) is 0 Å². The molecule has 0 aliphatic rings. The lowest BCUT2D eigenvalue weighted by Gasteiger charge is -2.01. The van der Waals surface area contributed by atoms with E-state index in [0.29, 0.717) is 11.5 Å². The molecular weight excluding hydrogens is 208 g/mol. The van der Waals surface area contributed by atoms with E-state index in [1.807, 2.05) is 6.92 Å². The number of Topliss-reactive ketones (excluding diaryl/α,β-unsaturated/α-hetero) is 1. The second-order valence-electron chi connectivity index (χ2n) is 3.35. The summed E-state index contributed by atoms with van der Waals surface area (Å²) in [5.74, 6) is 0.550. The van der Waals surface area contributed by atoms with E-state index in [0.717, 1.165) is 13.0 Å². The Kier molecular flexibility index (Phi) is 3.04. The highest BCUT2D eigenvalue weighted by molar-refractivity contribution is 5.94. The van der Waals surface area contributed by atoms with Crippen LogP contribution in [0, 0.1) is 0 Å². The first-order chi connectivity index (χ1) is 7.81. The van der Waals surface area contributed by atoms with Gasteiger partial charge in [-0.15, -0.1) is 0 Å². The van der Waals surface area contributed by atoms with Crippen molar-refractivity contribution in [2.45, 2.75) is 26.3 Å². The number of nitrogens with one attached hydrogen (secondary N) is 1. The molecule has 0 aromatic carbocycles. The molecule has 7 nitrogen and oxygen atoms in total. The van der Waals surface area contributed by atoms with Gasteiger partial charge in [-0.3, -0.25) is 4.79 Å². The molecule has 2 aromatic heterocycles. The van der Waals surface area contributed by atoms with E-state index in [-0.39, 0.29) is 12.2 Å². The zero-order chi connectivity index (χ0) is 11.4. The van der Waals surface area contributed by atoms with Crippen molar-refractivity contribution in [3.63, 3.8) is 0 Å². The minimum atomic E-state index is -0.112. The number of rotatable bonds is 5. The van der Waals surface area contributed by atoms with Crippen LogP contribution in [-0.4, -0.2) is 36.0 Å². The molecular formula is C9H12N6O. The Labute approximate surface area is 91.9 Å². The number of aromatic nitrogens is 6. The van der Waals surface area contributed by atoms with Gasteiger partial charge in [0.25, 0.3) is 0 Å². The summed E-state index contributed by atoms with van der Waals surface area (Å²) in [6.07, 6.45) is 4.02. The Morgan fingerprint density at radius 1 is 1.56 bits per heavy atom. The van der Waals surface area contributed by atoms with Gasteiger partial charge in [0.05, 0.1) is 12.6 Å². The van der Waals surface area contributed by atoms with Crippen molar-refractivity contribution >= 4 is 5.78 Å². The predicted molar refractivity (Wildman–Crippen MR) is 54.7 cm³/mol. The molecule has 0 amide bonds. The van der Waals surface area contributed by atoms with Gasteiger partial charge in [0.15, 0.2) is 5.78 Å². The molecule has 0 aliphatic carbocycles. The first-order valence-electron chi connectivity index (χ1n) is 5.07. The third-order valence-corrected chi connectivity index (χ3v) is 2.15. The molecule has 2 rings (SSSR count). The maximum Gasteiger partial charge on any atom is 0.192 e. The third kappa shape index (κ3) is 2.13. The number of aryl methyl sites for hydroxylation is 1. The Hall–Kier alpha value is -2.05. The van der Waals surface area contributed by atoms with Crippen LogP contribution < -0.4 is 0 Å². The fraction of sp³-hybridized carbons (Fsp3) is 0.444. The summed E-state index contributed by atoms with van der Waals surface area (Å²) in [7, 11) is 0. The summed E-state index contributed by atoms with van der Waals surface area (Å²) in [4.78, 5) is 15.8. The van der Waals surface area contributed by atoms with E-state index in [2.05, 4.69) is 25.5 Å². The van der Waals surface area contributed by atoms with Crippen LogP contribution in [0.4, 0.5) is 0 Å². The second kappa shape index (κ2) is 4.65. The molecule has 0 aliphatic heterocycles. The Morgan fingerprint density at radius 3 is 3.12 bits per heavy atom. The molecule has 0 unspecified atom stereocenters. The van der Waals surface area contributed by atoms with Crippen LogP contribution in [0.3, 0.4) is 0 Å². The monoisotopic (exact) mass is 220 g/mol. The summed E-state index contributed by atoms with van der Waals surface area (Å²) < 4.78 is 1.73. The molecule has 2 heterocycles. The number of hydrogen-bond donors (Lipinski definition) is 1. The number of hydrogen-bond acceptors (Lipinski definition) is 5. The molecule has 2 aromatic rings. The zero-order valence-corrected chi connectivity index (χ0v) is 8.92. The van der Waals surface area contributed by atoms with E-state index in [9.17, 15) is 4.79 Å². The van der Waals surface area contributed by atoms with E-state index in [1.165, 1.54) is 12.5 Å². The topological polar surface area (TPSA) is 89.4 Å². The summed E-state index contributed by atoms with van der Waals surface area (Å²) in [6, 6.07) is 0. The van der Waals surface area contributed by atoms with Crippen LogP contribution in [0.15, 0.2) is 12.5 Å². The van der Waals surface area contributed by atoms with Gasteiger partial charge in [-0.05, 0) is 6.42 Å². The molecule has 0 saturated heterocycles. The number of ketones is 1. The smallest absolute Gasteiger partial charge is 0.192 e. The standard InChI is InChI=1S/C9H12N6O/c1-2-3-15-9(10-6-12-15)4-8(16)7-5-11-14-13-7/h5-6H,2-4H2,1H3,(H,11,13,14). The van der Waals surface area contributed by atoms with Gasteiger partial charge in [0, 0.05) is 6.54 Å². The largest absolute Gasteiger partial charge is 0.292 e. The molecule has 7 heteroatoms. The average molecular weight is 220 g/mol. The summed E-state index contributed by atoms with van der Waals surface area (Å²) in [5, 5.41) is 13.8. The highest BCUT2D eigenvalue weighted by Gasteiger charge is 2.13. The SMILES string of the molecule is CCCn1ncnc1CC(=O)c1cn[nH]n1. The maximum absolute atomic E-state index is 11.7. The zero-order valence-electron chi connectivity index (χ0n) is 8.92. The lowest BCUT2D eigenvalue weighted by Crippen LogP contribution is -2.11. The number of carbonyl (C=O) groups is 1. The number of carbonyl (C=O) groups excluding carboxylic acids is 1. The van der Waals surface area contributed by atoms with Crippen LogP contribution >= 0.6 is 0 Å². The summed E-state index contributed by atoms with van der Waals surface area (Å²) in [6.45, 7) is 2.81. The van der Waals surface area contributed by atoms with Crippen molar-refractivity contribution in [2.75, 3.05) is 0 Å². The van der Waals surface area contributed by atoms with Crippen molar-refractivity contribution in [1.29, 1.82) is 0 Å². The first kappa shape index (κ1) is 10.5. The Balaban J connectivity index is 2.09. The van der Waals surface area contributed by atoms with Crippen molar-refractivity contribution in [3.8, 4) is 0 Å². The van der Waals surface area contributed by atoms with Gasteiger partial charge >= 0.3 is 0 Å². The fourth-order valence-corrected chi connectivity index (χ4v) is 1.39. The van der Waals surface area contributed by atoms with Crippen molar-refractivity contribution in [1.82, 2.24) is 30.2 Å². The van der Waals surface area contributed by atoms with Gasteiger partial charge in [-0.2, -0.15) is 20.5 Å². The highest BCUT2D eigenvalue weighted by Crippen LogP contribution is 2.02. The van der Waals surface area contributed by atoms with Crippen molar-refractivity contribution < 1.29 is 4.79 Å². The van der Waals surface area contributed by atoms with E-state index < -0.39 is 0 Å². The molecule has 0 saturated carbocycles. The molecule has 0 atom stereocenters. The lowest BCUT2D eigenvalue weighted by atomic mass is 10.2. The summed E-state index contributed by atoms with van der Waals surface area (Å²) in [5.41, 5.74) is 0.325. The normalized spacial score (nSPS) is 10.6. The molecule has 0 spiro atoms. The van der Waals surface area contributed by atoms with Crippen molar-refractivity contribution in [2.24, 2.45) is 0 Å². The number of H-pyrrole nitrogens is 1. The minimum absolute atomic E-state index is 0.112. The fourth-order valence-electron chi connectivity index (χ4n) is 1.39. The molecule has 0 radical (unpaired) electrons. The van der Waals surface area contributed by atoms with Crippen molar-refractivity contribution in [3.05, 3.63) is 24.0 Å². The van der Waals surface area contributed by atoms with Crippen LogP contribution in [-0.2, 0) is 13.0 Å². The minimum Gasteiger partial charge on any atom is -0.292 e. The van der Waals surface area contributed by atoms with E-state index in [4.69, 9.17) is 0 Å². The van der Waals surface area contributed by atoms with Crippen LogP contribution in [0.5, 0.6) is 0 Å². The van der Waals surface area contributed by atoms with Gasteiger partial charge < -0.3 is 0 Å². The molecule has 84 valence electrons. The molecule has 0 bridgehead atoms. The van der Waals surface area contributed by atoms with Gasteiger partial charge in [-0.1, -0.05) is 6.92 Å². The predicted octanol–water partition coefficient (Wildman–Crippen LogP) is 0.232. The second-order valence-corrected chi connectivity index (χ2v) is 3.35. The number of aromatic amines is 1. The maximum atomic E-state index is 11.7. The molecule has 1 N–H and O–H groups in total. The summed E-state index contributed by atoms with van der Waals surface area (Å²) >= 11 is 0. The lowest BCUT2D eigenvalue weighted by molar-refractivity contribution is 0.0984. The average Bonchev–Trinajstić information content (AvgIpc) is 2.90. The number of nitrogens with zero attached hydrogens (tertiary/aromatic N) is 5. The van der Waals surface area contributed by atoms with E-state index >= 15 is 0 Å². The third-order valence-electron chi connectivity index (χ3n) is 2.15. The highest BCUT2D eigenvalue weighted by atomic mass is 16.1. The quantitative estimate of drug-likeness (QED) is 0.728. The van der Waals surface area contributed by atoms with Gasteiger partial charge in [0.1, 0.15) is 17.8 Å². The molecule has 0 fully saturated rings. The Morgan fingerprint density at radius 2 is 2.44 bits per heavy atom. The molecule has 16 heavy (non-hydrogen) atoms. The van der Waals surface area contributed by atoms with Crippen LogP contribution in [0.25, 0.3) is 0 Å². The first-order valence-corrected chi connectivity index (χ1v) is 5.07. The van der Waals surface area contributed by atoms with Gasteiger partial charge in [0.2, 0.25) is 0 Å². The van der Waals surface area contributed by atoms with Crippen LogP contribution in [0.1, 0.15) is 29.7 Å². The Bertz CT molecular complexity index is 460. The van der Waals surface area contributed by atoms with E-state index in [1.54, 1.807) is 4.68 Å². The van der Waals surface area contributed by atoms with Gasteiger partial charge in [-0.25, -0.2) is 9.67 Å².